The van der Waals surface area contributed by atoms with E-state index in [-0.39, 0.29) is 30.0 Å². The van der Waals surface area contributed by atoms with Crippen LogP contribution in [0.2, 0.25) is 0 Å². The highest BCUT2D eigenvalue weighted by molar-refractivity contribution is 5.89. The molecule has 29 heavy (non-hydrogen) atoms. The van der Waals surface area contributed by atoms with Crippen LogP contribution in [-0.4, -0.2) is 39.4 Å². The van der Waals surface area contributed by atoms with Crippen molar-refractivity contribution in [3.8, 4) is 0 Å². The zero-order chi connectivity index (χ0) is 20.4. The maximum absolute atomic E-state index is 14.3. The predicted octanol–water partition coefficient (Wildman–Crippen LogP) is 2.53. The Bertz CT molecular complexity index is 900. The Kier molecular flexibility index (Phi) is 5.39. The summed E-state index contributed by atoms with van der Waals surface area (Å²) in [6, 6.07) is 6.54. The molecule has 1 aromatic carbocycles. The summed E-state index contributed by atoms with van der Waals surface area (Å²) in [5.41, 5.74) is 0.492. The van der Waals surface area contributed by atoms with Crippen molar-refractivity contribution >= 4 is 11.8 Å². The summed E-state index contributed by atoms with van der Waals surface area (Å²) in [6.45, 7) is 3.84. The third kappa shape index (κ3) is 3.91. The van der Waals surface area contributed by atoms with Gasteiger partial charge in [0.05, 0.1) is 24.0 Å². The number of benzene rings is 1. The monoisotopic (exact) mass is 398 g/mol. The lowest BCUT2D eigenvalue weighted by atomic mass is 9.72. The minimum atomic E-state index is -0.797. The van der Waals surface area contributed by atoms with E-state index < -0.39 is 5.41 Å². The number of carbonyl (C=O) groups excluding carboxylic acids is 2. The fraction of sp³-hybridized carbons (Fsp3) is 0.500. The molecule has 4 rings (SSSR count). The van der Waals surface area contributed by atoms with Crippen LogP contribution in [0.25, 0.3) is 0 Å². The van der Waals surface area contributed by atoms with Crippen LogP contribution >= 0.6 is 0 Å². The lowest BCUT2D eigenvalue weighted by molar-refractivity contribution is -0.158. The van der Waals surface area contributed by atoms with Crippen LogP contribution in [0.15, 0.2) is 36.8 Å². The van der Waals surface area contributed by atoms with Crippen molar-refractivity contribution < 1.29 is 14.0 Å². The van der Waals surface area contributed by atoms with E-state index in [4.69, 9.17) is 0 Å². The number of amides is 2. The first kappa shape index (κ1) is 19.6. The van der Waals surface area contributed by atoms with Gasteiger partial charge in [0, 0.05) is 31.7 Å². The largest absolute Gasteiger partial charge is 0.350 e. The molecule has 2 amide bonds. The van der Waals surface area contributed by atoms with Crippen molar-refractivity contribution in [1.82, 2.24) is 19.8 Å². The van der Waals surface area contributed by atoms with Gasteiger partial charge in [-0.25, -0.2) is 9.37 Å². The van der Waals surface area contributed by atoms with E-state index in [2.05, 4.69) is 10.3 Å². The second-order valence-corrected chi connectivity index (χ2v) is 8.25. The van der Waals surface area contributed by atoms with Crippen LogP contribution in [0.3, 0.4) is 0 Å². The van der Waals surface area contributed by atoms with Gasteiger partial charge in [0.1, 0.15) is 5.82 Å². The summed E-state index contributed by atoms with van der Waals surface area (Å²) < 4.78 is 16.2. The van der Waals surface area contributed by atoms with Gasteiger partial charge in [0.25, 0.3) is 0 Å². The summed E-state index contributed by atoms with van der Waals surface area (Å²) in [4.78, 5) is 31.7. The summed E-state index contributed by atoms with van der Waals surface area (Å²) in [7, 11) is 0. The zero-order valence-electron chi connectivity index (χ0n) is 16.7. The molecule has 2 aliphatic rings. The molecule has 6 nitrogen and oxygen atoms in total. The summed E-state index contributed by atoms with van der Waals surface area (Å²) in [5, 5.41) is 2.96. The van der Waals surface area contributed by atoms with Crippen molar-refractivity contribution in [2.45, 2.75) is 45.7 Å². The minimum absolute atomic E-state index is 0.0996. The fourth-order valence-electron chi connectivity index (χ4n) is 4.12. The van der Waals surface area contributed by atoms with E-state index in [1.165, 1.54) is 6.07 Å². The molecule has 0 atom stereocenters. The first-order valence-electron chi connectivity index (χ1n) is 10.3. The molecule has 7 heteroatoms. The van der Waals surface area contributed by atoms with Gasteiger partial charge in [-0.05, 0) is 37.8 Å². The van der Waals surface area contributed by atoms with Gasteiger partial charge in [-0.2, -0.15) is 0 Å². The Morgan fingerprint density at radius 1 is 1.28 bits per heavy atom. The second kappa shape index (κ2) is 7.97. The first-order valence-corrected chi connectivity index (χ1v) is 10.3. The Labute approximate surface area is 170 Å². The maximum atomic E-state index is 14.3. The number of aromatic nitrogens is 2. The number of imidazole rings is 1. The van der Waals surface area contributed by atoms with Gasteiger partial charge >= 0.3 is 0 Å². The molecule has 154 valence electrons. The number of hydrogen-bond acceptors (Lipinski definition) is 3. The third-order valence-corrected chi connectivity index (χ3v) is 6.20. The van der Waals surface area contributed by atoms with Crippen LogP contribution in [0.5, 0.6) is 0 Å². The van der Waals surface area contributed by atoms with E-state index >= 15 is 0 Å². The highest BCUT2D eigenvalue weighted by Crippen LogP contribution is 2.39. The number of hydrogen-bond donors (Lipinski definition) is 1. The molecule has 1 aliphatic heterocycles. The summed E-state index contributed by atoms with van der Waals surface area (Å²) in [6.07, 6.45) is 6.87. The van der Waals surface area contributed by atoms with Gasteiger partial charge in [0.15, 0.2) is 0 Å². The van der Waals surface area contributed by atoms with Gasteiger partial charge in [-0.1, -0.05) is 24.6 Å². The highest BCUT2D eigenvalue weighted by atomic mass is 19.1. The normalized spacial score (nSPS) is 18.1. The molecule has 0 radical (unpaired) electrons. The average molecular weight is 398 g/mol. The number of likely N-dealkylation sites (tertiary alicyclic amines) is 1. The molecule has 2 fully saturated rings. The summed E-state index contributed by atoms with van der Waals surface area (Å²) >= 11 is 0. The third-order valence-electron chi connectivity index (χ3n) is 6.20. The first-order chi connectivity index (χ1) is 14.0. The zero-order valence-corrected chi connectivity index (χ0v) is 16.7. The molecule has 1 aromatic heterocycles. The number of halogens is 1. The smallest absolute Gasteiger partial charge is 0.230 e. The van der Waals surface area contributed by atoms with Crippen molar-refractivity contribution in [2.24, 2.45) is 11.3 Å². The van der Waals surface area contributed by atoms with Crippen LogP contribution < -0.4 is 5.32 Å². The highest BCUT2D eigenvalue weighted by Gasteiger charge is 2.52. The number of aryl methyl sites for hydroxylation is 1. The Balaban J connectivity index is 1.46. The van der Waals surface area contributed by atoms with Crippen LogP contribution in [-0.2, 0) is 29.1 Å². The molecular weight excluding hydrogens is 371 g/mol. The molecule has 1 N–H and O–H groups in total. The predicted molar refractivity (Wildman–Crippen MR) is 106 cm³/mol. The van der Waals surface area contributed by atoms with E-state index in [0.29, 0.717) is 25.2 Å². The standard InChI is InChI=1S/C22H27FN4O2/c1-2-26-12-18(25-15-26)11-24-21(29)22(10-17-6-3-4-9-19(17)23)13-27(14-22)20(28)16-7-5-8-16/h3-4,6,9,12,15-16H,2,5,7-8,10-11,13-14H2,1H3,(H,24,29). The Morgan fingerprint density at radius 3 is 2.66 bits per heavy atom. The molecule has 2 heterocycles. The van der Waals surface area contributed by atoms with Gasteiger partial charge in [-0.15, -0.1) is 0 Å². The molecule has 1 aliphatic carbocycles. The Hall–Kier alpha value is -2.70. The van der Waals surface area contributed by atoms with Crippen LogP contribution in [0, 0.1) is 17.2 Å². The number of nitrogens with zero attached hydrogens (tertiary/aromatic N) is 3. The van der Waals surface area contributed by atoms with Crippen LogP contribution in [0.4, 0.5) is 4.39 Å². The van der Waals surface area contributed by atoms with E-state index in [1.807, 2.05) is 17.7 Å². The van der Waals surface area contributed by atoms with Gasteiger partial charge < -0.3 is 14.8 Å². The lowest BCUT2D eigenvalue weighted by Crippen LogP contribution is -2.66. The SMILES string of the molecule is CCn1cnc(CNC(=O)C2(Cc3ccccc3F)CN(C(=O)C3CCC3)C2)c1. The lowest BCUT2D eigenvalue weighted by Gasteiger charge is -2.50. The van der Waals surface area contributed by atoms with Gasteiger partial charge in [-0.3, -0.25) is 9.59 Å². The van der Waals surface area contributed by atoms with Crippen molar-refractivity contribution in [3.63, 3.8) is 0 Å². The average Bonchev–Trinajstić information content (AvgIpc) is 3.10. The van der Waals surface area contributed by atoms with E-state index in [1.54, 1.807) is 29.4 Å². The van der Waals surface area contributed by atoms with Crippen LogP contribution in [0.1, 0.15) is 37.4 Å². The molecule has 1 saturated carbocycles. The quantitative estimate of drug-likeness (QED) is 0.779. The van der Waals surface area contributed by atoms with Crippen molar-refractivity contribution in [2.75, 3.05) is 13.1 Å². The van der Waals surface area contributed by atoms with Crippen molar-refractivity contribution in [1.29, 1.82) is 0 Å². The molecule has 0 bridgehead atoms. The summed E-state index contributed by atoms with van der Waals surface area (Å²) in [5.74, 6) is -0.230. The molecular formula is C22H27FN4O2. The van der Waals surface area contributed by atoms with Crippen molar-refractivity contribution in [3.05, 3.63) is 53.9 Å². The molecule has 0 spiro atoms. The number of nitrogens with one attached hydrogen (secondary N) is 1. The van der Waals surface area contributed by atoms with Gasteiger partial charge in [0.2, 0.25) is 11.8 Å². The number of carbonyl (C=O) groups is 2. The number of rotatable bonds is 7. The topological polar surface area (TPSA) is 67.2 Å². The van der Waals surface area contributed by atoms with E-state index in [0.717, 1.165) is 31.5 Å². The Morgan fingerprint density at radius 2 is 2.03 bits per heavy atom. The molecule has 0 unspecified atom stereocenters. The maximum Gasteiger partial charge on any atom is 0.230 e. The minimum Gasteiger partial charge on any atom is -0.350 e. The molecule has 2 aromatic rings. The van der Waals surface area contributed by atoms with E-state index in [9.17, 15) is 14.0 Å². The molecule has 1 saturated heterocycles. The fourth-order valence-corrected chi connectivity index (χ4v) is 4.12. The second-order valence-electron chi connectivity index (χ2n) is 8.25.